The highest BCUT2D eigenvalue weighted by atomic mass is 32.2. The van der Waals surface area contributed by atoms with E-state index in [4.69, 9.17) is 4.74 Å². The molecule has 1 atom stereocenters. The smallest absolute Gasteiger partial charge is 0.410 e. The monoisotopic (exact) mass is 275 g/mol. The minimum absolute atomic E-state index is 0.141. The Morgan fingerprint density at radius 2 is 1.89 bits per heavy atom. The summed E-state index contributed by atoms with van der Waals surface area (Å²) in [6.07, 6.45) is 0.574. The number of carbonyl (C=O) groups excluding carboxylic acids is 2. The number of amides is 1. The second kappa shape index (κ2) is 7.67. The summed E-state index contributed by atoms with van der Waals surface area (Å²) in [5, 5.41) is 0.141. The van der Waals surface area contributed by atoms with Crippen LogP contribution in [0.5, 0.6) is 0 Å². The number of ether oxygens (including phenoxy) is 1. The van der Waals surface area contributed by atoms with Crippen molar-refractivity contribution in [3.8, 4) is 0 Å². The Labute approximate surface area is 114 Å². The predicted octanol–water partition coefficient (Wildman–Crippen LogP) is 3.16. The Balaban J connectivity index is 3.91. The lowest BCUT2D eigenvalue weighted by atomic mass is 10.1. The van der Waals surface area contributed by atoms with Gasteiger partial charge in [0.15, 0.2) is 5.12 Å². The average Bonchev–Trinajstić information content (AvgIpc) is 2.20. The lowest BCUT2D eigenvalue weighted by Gasteiger charge is -2.25. The SMILES string of the molecule is CC(=O)SCC(C)CCN(C)C(=O)OC(C)(C)C. The number of nitrogens with zero attached hydrogens (tertiary/aromatic N) is 1. The quantitative estimate of drug-likeness (QED) is 0.773. The average molecular weight is 275 g/mol. The van der Waals surface area contributed by atoms with E-state index in [-0.39, 0.29) is 11.2 Å². The van der Waals surface area contributed by atoms with E-state index in [0.717, 1.165) is 12.2 Å². The van der Waals surface area contributed by atoms with Crippen LogP contribution in [0.1, 0.15) is 41.0 Å². The van der Waals surface area contributed by atoms with Crippen molar-refractivity contribution in [2.75, 3.05) is 19.3 Å². The summed E-state index contributed by atoms with van der Waals surface area (Å²) in [6, 6.07) is 0. The number of rotatable bonds is 5. The molecule has 1 unspecified atom stereocenters. The number of thioether (sulfide) groups is 1. The fraction of sp³-hybridized carbons (Fsp3) is 0.846. The molecule has 0 spiro atoms. The standard InChI is InChI=1S/C13H25NO3S/c1-10(9-18-11(2)15)7-8-14(6)12(16)17-13(3,4)5/h10H,7-9H2,1-6H3. The van der Waals surface area contributed by atoms with E-state index in [1.54, 1.807) is 18.9 Å². The van der Waals surface area contributed by atoms with Crippen LogP contribution in [0, 0.1) is 5.92 Å². The first kappa shape index (κ1) is 17.3. The largest absolute Gasteiger partial charge is 0.444 e. The minimum Gasteiger partial charge on any atom is -0.444 e. The van der Waals surface area contributed by atoms with Gasteiger partial charge in [-0.3, -0.25) is 4.79 Å². The topological polar surface area (TPSA) is 46.6 Å². The molecule has 0 N–H and O–H groups in total. The van der Waals surface area contributed by atoms with Crippen molar-refractivity contribution in [2.45, 2.75) is 46.6 Å². The Morgan fingerprint density at radius 1 is 1.33 bits per heavy atom. The van der Waals surface area contributed by atoms with Gasteiger partial charge in [0.1, 0.15) is 5.60 Å². The zero-order valence-corrected chi connectivity index (χ0v) is 13.1. The Morgan fingerprint density at radius 3 is 2.33 bits per heavy atom. The van der Waals surface area contributed by atoms with Crippen molar-refractivity contribution in [2.24, 2.45) is 5.92 Å². The molecule has 0 heterocycles. The molecule has 0 aromatic heterocycles. The van der Waals surface area contributed by atoms with Gasteiger partial charge in [0.2, 0.25) is 0 Å². The van der Waals surface area contributed by atoms with Crippen LogP contribution in [0.3, 0.4) is 0 Å². The zero-order valence-electron chi connectivity index (χ0n) is 12.3. The molecule has 106 valence electrons. The first-order valence-electron chi connectivity index (χ1n) is 6.19. The lowest BCUT2D eigenvalue weighted by molar-refractivity contribution is -0.109. The highest BCUT2D eigenvalue weighted by molar-refractivity contribution is 8.13. The van der Waals surface area contributed by atoms with Gasteiger partial charge in [0, 0.05) is 26.3 Å². The molecule has 0 aliphatic carbocycles. The van der Waals surface area contributed by atoms with Gasteiger partial charge in [0.25, 0.3) is 0 Å². The van der Waals surface area contributed by atoms with Crippen LogP contribution in [-0.4, -0.2) is 41.1 Å². The van der Waals surface area contributed by atoms with Gasteiger partial charge in [0.05, 0.1) is 0 Å². The summed E-state index contributed by atoms with van der Waals surface area (Å²) in [4.78, 5) is 24.1. The zero-order chi connectivity index (χ0) is 14.3. The number of hydrogen-bond acceptors (Lipinski definition) is 4. The van der Waals surface area contributed by atoms with Crippen LogP contribution in [-0.2, 0) is 9.53 Å². The van der Waals surface area contributed by atoms with Gasteiger partial charge in [-0.15, -0.1) is 0 Å². The maximum absolute atomic E-state index is 11.7. The van der Waals surface area contributed by atoms with Gasteiger partial charge in [-0.25, -0.2) is 4.79 Å². The summed E-state index contributed by atoms with van der Waals surface area (Å²) in [7, 11) is 1.74. The van der Waals surface area contributed by atoms with Crippen molar-refractivity contribution in [1.82, 2.24) is 4.90 Å². The second-order valence-electron chi connectivity index (χ2n) is 5.60. The van der Waals surface area contributed by atoms with Crippen LogP contribution >= 0.6 is 11.8 Å². The maximum atomic E-state index is 11.7. The minimum atomic E-state index is -0.457. The molecule has 0 radical (unpaired) electrons. The van der Waals surface area contributed by atoms with Crippen molar-refractivity contribution < 1.29 is 14.3 Å². The highest BCUT2D eigenvalue weighted by Gasteiger charge is 2.19. The predicted molar refractivity (Wildman–Crippen MR) is 75.8 cm³/mol. The third-order valence-corrected chi connectivity index (χ3v) is 3.38. The van der Waals surface area contributed by atoms with E-state index in [1.165, 1.54) is 11.8 Å². The van der Waals surface area contributed by atoms with Crippen LogP contribution in [0.2, 0.25) is 0 Å². The van der Waals surface area contributed by atoms with Crippen molar-refractivity contribution >= 4 is 23.0 Å². The molecule has 0 aliphatic rings. The normalized spacial score (nSPS) is 13.0. The fourth-order valence-electron chi connectivity index (χ4n) is 1.19. The van der Waals surface area contributed by atoms with Crippen LogP contribution in [0.4, 0.5) is 4.79 Å². The molecule has 4 nitrogen and oxygen atoms in total. The molecule has 0 fully saturated rings. The lowest BCUT2D eigenvalue weighted by Crippen LogP contribution is -2.35. The van der Waals surface area contributed by atoms with Crippen LogP contribution < -0.4 is 0 Å². The Kier molecular flexibility index (Phi) is 7.36. The molecule has 0 saturated heterocycles. The first-order chi connectivity index (χ1) is 8.11. The van der Waals surface area contributed by atoms with Gasteiger partial charge in [-0.1, -0.05) is 18.7 Å². The Hall–Kier alpha value is -0.710. The molecule has 0 aromatic rings. The van der Waals surface area contributed by atoms with Crippen molar-refractivity contribution in [1.29, 1.82) is 0 Å². The van der Waals surface area contributed by atoms with E-state index < -0.39 is 5.60 Å². The summed E-state index contributed by atoms with van der Waals surface area (Å²) in [6.45, 7) is 9.86. The van der Waals surface area contributed by atoms with E-state index in [1.807, 2.05) is 20.8 Å². The van der Waals surface area contributed by atoms with E-state index >= 15 is 0 Å². The van der Waals surface area contributed by atoms with E-state index in [0.29, 0.717) is 12.5 Å². The van der Waals surface area contributed by atoms with Crippen molar-refractivity contribution in [3.63, 3.8) is 0 Å². The molecule has 0 aromatic carbocycles. The summed E-state index contributed by atoms with van der Waals surface area (Å²) in [5.74, 6) is 1.21. The van der Waals surface area contributed by atoms with Gasteiger partial charge < -0.3 is 9.64 Å². The number of hydrogen-bond donors (Lipinski definition) is 0. The molecule has 0 aliphatic heterocycles. The summed E-state index contributed by atoms with van der Waals surface area (Å²) >= 11 is 1.34. The molecule has 1 amide bonds. The second-order valence-corrected chi connectivity index (χ2v) is 6.80. The van der Waals surface area contributed by atoms with Gasteiger partial charge >= 0.3 is 6.09 Å². The van der Waals surface area contributed by atoms with Gasteiger partial charge in [-0.05, 0) is 33.1 Å². The van der Waals surface area contributed by atoms with E-state index in [2.05, 4.69) is 6.92 Å². The van der Waals surface area contributed by atoms with Gasteiger partial charge in [-0.2, -0.15) is 0 Å². The summed E-state index contributed by atoms with van der Waals surface area (Å²) < 4.78 is 5.26. The van der Waals surface area contributed by atoms with Crippen LogP contribution in [0.25, 0.3) is 0 Å². The first-order valence-corrected chi connectivity index (χ1v) is 7.18. The number of carbonyl (C=O) groups is 2. The maximum Gasteiger partial charge on any atom is 0.410 e. The molecule has 0 rings (SSSR count). The van der Waals surface area contributed by atoms with Crippen LogP contribution in [0.15, 0.2) is 0 Å². The van der Waals surface area contributed by atoms with E-state index in [9.17, 15) is 9.59 Å². The third-order valence-electron chi connectivity index (χ3n) is 2.23. The highest BCUT2D eigenvalue weighted by Crippen LogP contribution is 2.14. The molecule has 5 heteroatoms. The molecule has 0 saturated carbocycles. The molecular formula is C13H25NO3S. The molecule has 18 heavy (non-hydrogen) atoms. The summed E-state index contributed by atoms with van der Waals surface area (Å²) in [5.41, 5.74) is -0.457. The fourth-order valence-corrected chi connectivity index (χ4v) is 1.87. The van der Waals surface area contributed by atoms with Crippen molar-refractivity contribution in [3.05, 3.63) is 0 Å². The molecule has 0 bridgehead atoms. The molecular weight excluding hydrogens is 250 g/mol. The Bertz CT molecular complexity index is 286. The third kappa shape index (κ3) is 9.33.